The van der Waals surface area contributed by atoms with E-state index in [9.17, 15) is 0 Å². The number of methoxy groups -OCH3 is 1. The molecule has 0 radical (unpaired) electrons. The Morgan fingerprint density at radius 1 is 1.38 bits per heavy atom. The maximum absolute atomic E-state index is 5.81. The molecular weight excluding hydrogens is 268 g/mol. The quantitative estimate of drug-likeness (QED) is 0.595. The predicted molar refractivity (Wildman–Crippen MR) is 81.0 cm³/mol. The van der Waals surface area contributed by atoms with Gasteiger partial charge in [0.2, 0.25) is 0 Å². The fourth-order valence-electron chi connectivity index (χ4n) is 1.79. The van der Waals surface area contributed by atoms with Crippen LogP contribution in [0.5, 0.6) is 5.75 Å². The molecule has 0 fully saturated rings. The van der Waals surface area contributed by atoms with Gasteiger partial charge in [0.05, 0.1) is 7.11 Å². The molecule has 0 atom stereocenters. The summed E-state index contributed by atoms with van der Waals surface area (Å²) in [5, 5.41) is 10.8. The number of nitrogens with one attached hydrogen (secondary N) is 1. The molecule has 0 aliphatic heterocycles. The molecule has 1 aromatic heterocycles. The van der Waals surface area contributed by atoms with Gasteiger partial charge in [-0.1, -0.05) is 12.1 Å². The Bertz CT molecular complexity index is 590. The van der Waals surface area contributed by atoms with Crippen molar-refractivity contribution in [2.24, 2.45) is 17.8 Å². The van der Waals surface area contributed by atoms with Crippen LogP contribution in [0.3, 0.4) is 0 Å². The average molecular weight is 288 g/mol. The number of aryl methyl sites for hydroxylation is 1. The van der Waals surface area contributed by atoms with Gasteiger partial charge in [-0.05, 0) is 24.1 Å². The second-order valence-electron chi connectivity index (χ2n) is 4.58. The maximum atomic E-state index is 5.81. The number of nitrogens with zero attached hydrogens (tertiary/aromatic N) is 4. The fraction of sp³-hybridized carbons (Fsp3) is 0.357. The summed E-state index contributed by atoms with van der Waals surface area (Å²) in [5.74, 6) is 2.04. The summed E-state index contributed by atoms with van der Waals surface area (Å²) in [4.78, 5) is 4.23. The summed E-state index contributed by atoms with van der Waals surface area (Å²) >= 11 is 0. The lowest BCUT2D eigenvalue weighted by Crippen LogP contribution is -2.33. The number of ether oxygens (including phenoxy) is 1. The molecule has 7 nitrogen and oxygen atoms in total. The molecule has 0 unspecified atom stereocenters. The number of aromatic nitrogens is 3. The predicted octanol–water partition coefficient (Wildman–Crippen LogP) is 0.471. The van der Waals surface area contributed by atoms with Gasteiger partial charge in [0.25, 0.3) is 0 Å². The minimum Gasteiger partial charge on any atom is -0.497 e. The van der Waals surface area contributed by atoms with Crippen molar-refractivity contribution >= 4 is 5.96 Å². The van der Waals surface area contributed by atoms with Crippen molar-refractivity contribution in [3.05, 3.63) is 42.0 Å². The number of hydrogen-bond donors (Lipinski definition) is 2. The SMILES string of the molecule is COc1ccc(CCNC(N)=NCc2nncn2C)cc1. The summed E-state index contributed by atoms with van der Waals surface area (Å²) in [6.07, 6.45) is 2.50. The second-order valence-corrected chi connectivity index (χ2v) is 4.58. The molecule has 2 aromatic rings. The maximum Gasteiger partial charge on any atom is 0.189 e. The molecule has 1 aromatic carbocycles. The molecule has 0 bridgehead atoms. The van der Waals surface area contributed by atoms with E-state index in [0.29, 0.717) is 12.5 Å². The van der Waals surface area contributed by atoms with E-state index in [1.807, 2.05) is 35.9 Å². The lowest BCUT2D eigenvalue weighted by molar-refractivity contribution is 0.414. The molecule has 0 spiro atoms. The molecular formula is C14H20N6O. The van der Waals surface area contributed by atoms with E-state index in [-0.39, 0.29) is 0 Å². The van der Waals surface area contributed by atoms with E-state index in [0.717, 1.165) is 24.5 Å². The standard InChI is InChI=1S/C14H20N6O/c1-20-10-18-19-13(20)9-17-14(15)16-8-7-11-3-5-12(21-2)6-4-11/h3-6,10H,7-9H2,1-2H3,(H3,15,16,17). The van der Waals surface area contributed by atoms with Crippen LogP contribution in [0, 0.1) is 0 Å². The van der Waals surface area contributed by atoms with E-state index in [2.05, 4.69) is 20.5 Å². The first-order chi connectivity index (χ1) is 10.2. The van der Waals surface area contributed by atoms with Crippen LogP contribution in [0.25, 0.3) is 0 Å². The highest BCUT2D eigenvalue weighted by molar-refractivity contribution is 5.77. The van der Waals surface area contributed by atoms with Gasteiger partial charge in [0, 0.05) is 13.6 Å². The van der Waals surface area contributed by atoms with E-state index >= 15 is 0 Å². The zero-order valence-electron chi connectivity index (χ0n) is 12.3. The average Bonchev–Trinajstić information content (AvgIpc) is 2.91. The molecule has 0 saturated heterocycles. The summed E-state index contributed by atoms with van der Waals surface area (Å²) < 4.78 is 6.93. The van der Waals surface area contributed by atoms with Crippen molar-refractivity contribution in [1.82, 2.24) is 20.1 Å². The third kappa shape index (κ3) is 4.48. The third-order valence-corrected chi connectivity index (χ3v) is 3.07. The Kier molecular flexibility index (Phi) is 5.14. The van der Waals surface area contributed by atoms with Crippen molar-refractivity contribution in [2.75, 3.05) is 13.7 Å². The highest BCUT2D eigenvalue weighted by Crippen LogP contribution is 2.11. The zero-order valence-corrected chi connectivity index (χ0v) is 12.3. The normalized spacial score (nSPS) is 11.4. The van der Waals surface area contributed by atoms with Gasteiger partial charge in [-0.15, -0.1) is 10.2 Å². The van der Waals surface area contributed by atoms with Crippen LogP contribution in [0.2, 0.25) is 0 Å². The lowest BCUT2D eigenvalue weighted by atomic mass is 10.1. The first kappa shape index (κ1) is 14.8. The molecule has 0 amide bonds. The summed E-state index contributed by atoms with van der Waals surface area (Å²) in [7, 11) is 3.53. The molecule has 0 aliphatic carbocycles. The third-order valence-electron chi connectivity index (χ3n) is 3.07. The number of rotatable bonds is 6. The van der Waals surface area contributed by atoms with Gasteiger partial charge in [-0.2, -0.15) is 0 Å². The van der Waals surface area contributed by atoms with Crippen molar-refractivity contribution in [3.63, 3.8) is 0 Å². The molecule has 2 rings (SSSR count). The Balaban J connectivity index is 1.75. The minimum atomic E-state index is 0.409. The van der Waals surface area contributed by atoms with Crippen LogP contribution in [-0.2, 0) is 20.0 Å². The monoisotopic (exact) mass is 288 g/mol. The van der Waals surface area contributed by atoms with E-state index < -0.39 is 0 Å². The largest absolute Gasteiger partial charge is 0.497 e. The number of benzene rings is 1. The van der Waals surface area contributed by atoms with Crippen LogP contribution >= 0.6 is 0 Å². The van der Waals surface area contributed by atoms with Crippen LogP contribution in [0.1, 0.15) is 11.4 Å². The first-order valence-corrected chi connectivity index (χ1v) is 6.68. The summed E-state index contributed by atoms with van der Waals surface area (Å²) in [6.45, 7) is 1.14. The van der Waals surface area contributed by atoms with Crippen molar-refractivity contribution in [2.45, 2.75) is 13.0 Å². The van der Waals surface area contributed by atoms with Crippen molar-refractivity contribution in [3.8, 4) is 5.75 Å². The zero-order chi connectivity index (χ0) is 15.1. The highest BCUT2D eigenvalue weighted by atomic mass is 16.5. The van der Waals surface area contributed by atoms with E-state index in [1.54, 1.807) is 13.4 Å². The molecule has 21 heavy (non-hydrogen) atoms. The molecule has 3 N–H and O–H groups in total. The van der Waals surface area contributed by atoms with Gasteiger partial charge in [-0.25, -0.2) is 4.99 Å². The van der Waals surface area contributed by atoms with Gasteiger partial charge in [0.1, 0.15) is 18.6 Å². The molecule has 7 heteroatoms. The van der Waals surface area contributed by atoms with Crippen molar-refractivity contribution < 1.29 is 4.74 Å². The van der Waals surface area contributed by atoms with Crippen LogP contribution in [0.4, 0.5) is 0 Å². The Hall–Kier alpha value is -2.57. The Labute approximate surface area is 123 Å². The number of guanidine groups is 1. The number of hydrogen-bond acceptors (Lipinski definition) is 4. The molecule has 0 aliphatic rings. The van der Waals surface area contributed by atoms with Crippen LogP contribution < -0.4 is 15.8 Å². The molecule has 112 valence electrons. The number of aliphatic imine (C=N–C) groups is 1. The van der Waals surface area contributed by atoms with E-state index in [4.69, 9.17) is 10.5 Å². The highest BCUT2D eigenvalue weighted by Gasteiger charge is 2.00. The molecule has 0 saturated carbocycles. The fourth-order valence-corrected chi connectivity index (χ4v) is 1.79. The first-order valence-electron chi connectivity index (χ1n) is 6.68. The smallest absolute Gasteiger partial charge is 0.189 e. The molecule has 1 heterocycles. The van der Waals surface area contributed by atoms with Gasteiger partial charge < -0.3 is 20.4 Å². The summed E-state index contributed by atoms with van der Waals surface area (Å²) in [5.41, 5.74) is 7.02. The Morgan fingerprint density at radius 3 is 2.76 bits per heavy atom. The van der Waals surface area contributed by atoms with Crippen LogP contribution in [0.15, 0.2) is 35.6 Å². The number of nitrogens with two attached hydrogens (primary N) is 1. The summed E-state index contributed by atoms with van der Waals surface area (Å²) in [6, 6.07) is 7.96. The minimum absolute atomic E-state index is 0.409. The van der Waals surface area contributed by atoms with Crippen LogP contribution in [-0.4, -0.2) is 34.4 Å². The van der Waals surface area contributed by atoms with Crippen molar-refractivity contribution in [1.29, 1.82) is 0 Å². The van der Waals surface area contributed by atoms with E-state index in [1.165, 1.54) is 5.56 Å². The van der Waals surface area contributed by atoms with Gasteiger partial charge in [0.15, 0.2) is 11.8 Å². The second kappa shape index (κ2) is 7.28. The van der Waals surface area contributed by atoms with Gasteiger partial charge >= 0.3 is 0 Å². The lowest BCUT2D eigenvalue weighted by Gasteiger charge is -2.06. The topological polar surface area (TPSA) is 90.3 Å². The van der Waals surface area contributed by atoms with Gasteiger partial charge in [-0.3, -0.25) is 0 Å². The Morgan fingerprint density at radius 2 is 2.14 bits per heavy atom.